The Morgan fingerprint density at radius 3 is 2.25 bits per heavy atom. The van der Waals surface area contributed by atoms with Crippen LogP contribution in [0.2, 0.25) is 0 Å². The van der Waals surface area contributed by atoms with E-state index in [-0.39, 0.29) is 5.41 Å². The highest BCUT2D eigenvalue weighted by Crippen LogP contribution is 2.23. The molecule has 0 bridgehead atoms. The van der Waals surface area contributed by atoms with Crippen LogP contribution >= 0.6 is 0 Å². The zero-order valence-corrected chi connectivity index (χ0v) is 13.7. The molecule has 2 rings (SSSR count). The van der Waals surface area contributed by atoms with E-state index in [9.17, 15) is 4.79 Å². The first-order valence-corrected chi connectivity index (χ1v) is 8.10. The molecule has 0 aromatic rings. The summed E-state index contributed by atoms with van der Waals surface area (Å²) >= 11 is 0. The van der Waals surface area contributed by atoms with E-state index >= 15 is 0 Å². The molecule has 20 heavy (non-hydrogen) atoms. The van der Waals surface area contributed by atoms with Gasteiger partial charge in [-0.25, -0.2) is 0 Å². The molecule has 0 aliphatic carbocycles. The van der Waals surface area contributed by atoms with E-state index in [1.165, 1.54) is 12.8 Å². The maximum Gasteiger partial charge on any atom is 0.227 e. The number of likely N-dealkylation sites (N-methyl/N-ethyl adjacent to an activating group) is 1. The second kappa shape index (κ2) is 6.44. The molecular formula is C16H31N3O. The summed E-state index contributed by atoms with van der Waals surface area (Å²) in [7, 11) is 2.19. The summed E-state index contributed by atoms with van der Waals surface area (Å²) in [6, 6.07) is 0.567. The molecule has 2 heterocycles. The number of carbonyl (C=O) groups is 1. The number of carbonyl (C=O) groups excluding carboxylic acids is 1. The summed E-state index contributed by atoms with van der Waals surface area (Å²) in [6.45, 7) is 12.6. The van der Waals surface area contributed by atoms with Crippen molar-refractivity contribution in [1.82, 2.24) is 14.7 Å². The van der Waals surface area contributed by atoms with E-state index in [2.05, 4.69) is 21.7 Å². The SMILES string of the molecule is CN1CCN(C2CCCCN(C(=O)C(C)(C)C)C2)CC1. The summed E-state index contributed by atoms with van der Waals surface area (Å²) in [4.78, 5) is 19.7. The van der Waals surface area contributed by atoms with Gasteiger partial charge in [0.25, 0.3) is 0 Å². The van der Waals surface area contributed by atoms with Crippen LogP contribution in [0.25, 0.3) is 0 Å². The molecule has 2 aliphatic heterocycles. The minimum atomic E-state index is -0.253. The van der Waals surface area contributed by atoms with Crippen LogP contribution in [-0.2, 0) is 4.79 Å². The summed E-state index contributed by atoms with van der Waals surface area (Å²) in [6.07, 6.45) is 3.66. The maximum atomic E-state index is 12.6. The van der Waals surface area contributed by atoms with E-state index in [1.807, 2.05) is 20.8 Å². The first-order valence-electron chi connectivity index (χ1n) is 8.10. The molecule has 0 aromatic carbocycles. The molecule has 2 aliphatic rings. The molecule has 4 nitrogen and oxygen atoms in total. The van der Waals surface area contributed by atoms with E-state index in [0.717, 1.165) is 45.7 Å². The number of likely N-dealkylation sites (tertiary alicyclic amines) is 1. The monoisotopic (exact) mass is 281 g/mol. The molecule has 1 amide bonds. The average molecular weight is 281 g/mol. The molecule has 1 atom stereocenters. The Morgan fingerprint density at radius 2 is 1.65 bits per heavy atom. The van der Waals surface area contributed by atoms with Crippen LogP contribution in [0.15, 0.2) is 0 Å². The minimum Gasteiger partial charge on any atom is -0.341 e. The highest BCUT2D eigenvalue weighted by atomic mass is 16.2. The number of nitrogens with zero attached hydrogens (tertiary/aromatic N) is 3. The zero-order valence-electron chi connectivity index (χ0n) is 13.7. The lowest BCUT2D eigenvalue weighted by molar-refractivity contribution is -0.140. The highest BCUT2D eigenvalue weighted by Gasteiger charge is 2.32. The fourth-order valence-corrected chi connectivity index (χ4v) is 3.26. The van der Waals surface area contributed by atoms with Gasteiger partial charge in [0, 0.05) is 50.7 Å². The van der Waals surface area contributed by atoms with E-state index in [4.69, 9.17) is 0 Å². The lowest BCUT2D eigenvalue weighted by Crippen LogP contribution is -2.53. The molecular weight excluding hydrogens is 250 g/mol. The van der Waals surface area contributed by atoms with E-state index in [0.29, 0.717) is 11.9 Å². The smallest absolute Gasteiger partial charge is 0.227 e. The standard InChI is InChI=1S/C16H31N3O/c1-16(2,3)15(20)19-8-6-5-7-14(13-19)18-11-9-17(4)10-12-18/h14H,5-13H2,1-4H3. The highest BCUT2D eigenvalue weighted by molar-refractivity contribution is 5.81. The van der Waals surface area contributed by atoms with Crippen LogP contribution in [0.5, 0.6) is 0 Å². The molecule has 2 fully saturated rings. The van der Waals surface area contributed by atoms with Crippen LogP contribution in [0.4, 0.5) is 0 Å². The average Bonchev–Trinajstić information content (AvgIpc) is 2.63. The largest absolute Gasteiger partial charge is 0.341 e. The molecule has 4 heteroatoms. The predicted octanol–water partition coefficient (Wildman–Crippen LogP) is 1.66. The lowest BCUT2D eigenvalue weighted by Gasteiger charge is -2.39. The number of hydrogen-bond acceptors (Lipinski definition) is 3. The summed E-state index contributed by atoms with van der Waals surface area (Å²) in [5.74, 6) is 0.318. The van der Waals surface area contributed by atoms with Gasteiger partial charge in [0.05, 0.1) is 0 Å². The van der Waals surface area contributed by atoms with Crippen molar-refractivity contribution in [2.75, 3.05) is 46.3 Å². The Balaban J connectivity index is 1.98. The van der Waals surface area contributed by atoms with Crippen LogP contribution in [0.3, 0.4) is 0 Å². The van der Waals surface area contributed by atoms with Gasteiger partial charge < -0.3 is 9.80 Å². The van der Waals surface area contributed by atoms with Gasteiger partial charge in [0.1, 0.15) is 0 Å². The normalized spacial score (nSPS) is 27.4. The van der Waals surface area contributed by atoms with Gasteiger partial charge in [-0.05, 0) is 19.9 Å². The van der Waals surface area contributed by atoms with Gasteiger partial charge >= 0.3 is 0 Å². The summed E-state index contributed by atoms with van der Waals surface area (Å²) in [5, 5.41) is 0. The maximum absolute atomic E-state index is 12.6. The van der Waals surface area contributed by atoms with Crippen LogP contribution < -0.4 is 0 Å². The molecule has 0 aromatic heterocycles. The Hall–Kier alpha value is -0.610. The Morgan fingerprint density at radius 1 is 1.00 bits per heavy atom. The fraction of sp³-hybridized carbons (Fsp3) is 0.938. The van der Waals surface area contributed by atoms with Crippen molar-refractivity contribution in [3.63, 3.8) is 0 Å². The Bertz CT molecular complexity index is 329. The molecule has 0 N–H and O–H groups in total. The third-order valence-electron chi connectivity index (χ3n) is 4.63. The van der Waals surface area contributed by atoms with Crippen LogP contribution in [0, 0.1) is 5.41 Å². The predicted molar refractivity (Wildman–Crippen MR) is 82.7 cm³/mol. The Labute approximate surface area is 124 Å². The summed E-state index contributed by atoms with van der Waals surface area (Å²) < 4.78 is 0. The third-order valence-corrected chi connectivity index (χ3v) is 4.63. The van der Waals surface area contributed by atoms with Crippen LogP contribution in [0.1, 0.15) is 40.0 Å². The van der Waals surface area contributed by atoms with Crippen molar-refractivity contribution in [3.8, 4) is 0 Å². The Kier molecular flexibility index (Phi) is 5.08. The van der Waals surface area contributed by atoms with Gasteiger partial charge in [0.2, 0.25) is 5.91 Å². The van der Waals surface area contributed by atoms with Gasteiger partial charge in [0.15, 0.2) is 0 Å². The lowest BCUT2D eigenvalue weighted by atomic mass is 9.94. The molecule has 0 saturated carbocycles. The molecule has 0 radical (unpaired) electrons. The fourth-order valence-electron chi connectivity index (χ4n) is 3.26. The third kappa shape index (κ3) is 3.95. The van der Waals surface area contributed by atoms with E-state index in [1.54, 1.807) is 0 Å². The second-order valence-electron chi connectivity index (χ2n) is 7.49. The van der Waals surface area contributed by atoms with Crippen molar-refractivity contribution in [1.29, 1.82) is 0 Å². The minimum absolute atomic E-state index is 0.253. The molecule has 2 saturated heterocycles. The topological polar surface area (TPSA) is 26.8 Å². The first-order chi connectivity index (χ1) is 9.38. The van der Waals surface area contributed by atoms with Gasteiger partial charge in [-0.15, -0.1) is 0 Å². The molecule has 1 unspecified atom stereocenters. The number of piperazine rings is 1. The van der Waals surface area contributed by atoms with Crippen molar-refractivity contribution in [3.05, 3.63) is 0 Å². The van der Waals surface area contributed by atoms with Gasteiger partial charge in [-0.2, -0.15) is 0 Å². The van der Waals surface area contributed by atoms with Crippen LogP contribution in [-0.4, -0.2) is 73.0 Å². The molecule has 0 spiro atoms. The zero-order chi connectivity index (χ0) is 14.8. The van der Waals surface area contributed by atoms with Crippen molar-refractivity contribution >= 4 is 5.91 Å². The first kappa shape index (κ1) is 15.8. The van der Waals surface area contributed by atoms with E-state index < -0.39 is 0 Å². The van der Waals surface area contributed by atoms with Gasteiger partial charge in [-0.3, -0.25) is 9.69 Å². The molecule has 116 valence electrons. The number of rotatable bonds is 1. The second-order valence-corrected chi connectivity index (χ2v) is 7.49. The van der Waals surface area contributed by atoms with Crippen molar-refractivity contribution < 1.29 is 4.79 Å². The quantitative estimate of drug-likeness (QED) is 0.731. The number of hydrogen-bond donors (Lipinski definition) is 0. The van der Waals surface area contributed by atoms with Gasteiger partial charge in [-0.1, -0.05) is 27.2 Å². The van der Waals surface area contributed by atoms with Crippen molar-refractivity contribution in [2.45, 2.75) is 46.1 Å². The summed E-state index contributed by atoms with van der Waals surface area (Å²) in [5.41, 5.74) is -0.253. The van der Waals surface area contributed by atoms with Crippen molar-refractivity contribution in [2.24, 2.45) is 5.41 Å². The number of amides is 1.